The summed E-state index contributed by atoms with van der Waals surface area (Å²) in [5.41, 5.74) is 3.68. The highest BCUT2D eigenvalue weighted by atomic mass is 19.1. The topological polar surface area (TPSA) is 38.0 Å². The summed E-state index contributed by atoms with van der Waals surface area (Å²) < 4.78 is 13.5. The molecule has 78 valence electrons. The minimum Gasteiger partial charge on any atom is -0.271 e. The lowest BCUT2D eigenvalue weighted by atomic mass is 10.00. The highest BCUT2D eigenvalue weighted by Gasteiger charge is 2.09. The van der Waals surface area contributed by atoms with E-state index in [0.29, 0.717) is 5.39 Å². The molecule has 3 N–H and O–H groups in total. The second-order valence-corrected chi connectivity index (χ2v) is 3.57. The van der Waals surface area contributed by atoms with Crippen LogP contribution in [-0.2, 0) is 0 Å². The Kier molecular flexibility index (Phi) is 2.66. The first-order chi connectivity index (χ1) is 7.24. The molecule has 3 heteroatoms. The SMILES string of the molecule is CC(NN)c1ccc(F)c2ccccc12. The van der Waals surface area contributed by atoms with Crippen LogP contribution in [0.25, 0.3) is 10.8 Å². The lowest BCUT2D eigenvalue weighted by Gasteiger charge is -2.13. The van der Waals surface area contributed by atoms with Crippen LogP contribution in [0.2, 0.25) is 0 Å². The summed E-state index contributed by atoms with van der Waals surface area (Å²) >= 11 is 0. The molecule has 2 aromatic carbocycles. The molecule has 0 aliphatic carbocycles. The first-order valence-electron chi connectivity index (χ1n) is 4.87. The Bertz CT molecular complexity index is 482. The highest BCUT2D eigenvalue weighted by molar-refractivity contribution is 5.86. The van der Waals surface area contributed by atoms with E-state index in [2.05, 4.69) is 5.43 Å². The molecule has 0 aliphatic heterocycles. The Morgan fingerprint density at radius 3 is 2.47 bits per heavy atom. The number of rotatable bonds is 2. The van der Waals surface area contributed by atoms with Crippen LogP contribution in [0.3, 0.4) is 0 Å². The van der Waals surface area contributed by atoms with Crippen LogP contribution < -0.4 is 11.3 Å². The third kappa shape index (κ3) is 1.71. The van der Waals surface area contributed by atoms with E-state index in [-0.39, 0.29) is 11.9 Å². The minimum atomic E-state index is -0.196. The fraction of sp³-hybridized carbons (Fsp3) is 0.167. The quantitative estimate of drug-likeness (QED) is 0.582. The van der Waals surface area contributed by atoms with Gasteiger partial charge in [-0.1, -0.05) is 30.3 Å². The normalized spacial score (nSPS) is 13.0. The number of fused-ring (bicyclic) bond motifs is 1. The fourth-order valence-electron chi connectivity index (χ4n) is 1.75. The van der Waals surface area contributed by atoms with Gasteiger partial charge in [0.25, 0.3) is 0 Å². The van der Waals surface area contributed by atoms with Crippen molar-refractivity contribution < 1.29 is 4.39 Å². The second kappa shape index (κ2) is 3.96. The van der Waals surface area contributed by atoms with Gasteiger partial charge in [0.05, 0.1) is 0 Å². The van der Waals surface area contributed by atoms with Crippen LogP contribution in [0.1, 0.15) is 18.5 Å². The Morgan fingerprint density at radius 1 is 1.13 bits per heavy atom. The van der Waals surface area contributed by atoms with Crippen molar-refractivity contribution >= 4 is 10.8 Å². The van der Waals surface area contributed by atoms with E-state index in [4.69, 9.17) is 5.84 Å². The Balaban J connectivity index is 2.71. The zero-order valence-corrected chi connectivity index (χ0v) is 8.50. The maximum Gasteiger partial charge on any atom is 0.131 e. The van der Waals surface area contributed by atoms with Crippen LogP contribution in [0.4, 0.5) is 4.39 Å². The van der Waals surface area contributed by atoms with Crippen LogP contribution in [-0.4, -0.2) is 0 Å². The molecule has 0 fully saturated rings. The van der Waals surface area contributed by atoms with Gasteiger partial charge in [0.15, 0.2) is 0 Å². The average molecular weight is 204 g/mol. The first-order valence-corrected chi connectivity index (χ1v) is 4.87. The molecule has 0 aromatic heterocycles. The van der Waals surface area contributed by atoms with Crippen LogP contribution >= 0.6 is 0 Å². The number of nitrogens with two attached hydrogens (primary N) is 1. The molecule has 0 saturated carbocycles. The smallest absolute Gasteiger partial charge is 0.131 e. The standard InChI is InChI=1S/C12H13FN2/c1-8(15-14)9-6-7-12(13)11-5-3-2-4-10(9)11/h2-8,15H,14H2,1H3. The van der Waals surface area contributed by atoms with E-state index in [0.717, 1.165) is 10.9 Å². The molecular formula is C12H13FN2. The van der Waals surface area contributed by atoms with Gasteiger partial charge in [0, 0.05) is 11.4 Å². The molecule has 2 rings (SSSR count). The van der Waals surface area contributed by atoms with Crippen molar-refractivity contribution in [3.05, 3.63) is 47.8 Å². The summed E-state index contributed by atoms with van der Waals surface area (Å²) in [5, 5.41) is 1.54. The van der Waals surface area contributed by atoms with Gasteiger partial charge in [-0.15, -0.1) is 0 Å². The molecule has 0 spiro atoms. The van der Waals surface area contributed by atoms with E-state index >= 15 is 0 Å². The number of hydrogen-bond donors (Lipinski definition) is 2. The molecule has 15 heavy (non-hydrogen) atoms. The maximum absolute atomic E-state index is 13.5. The number of benzene rings is 2. The zero-order valence-electron chi connectivity index (χ0n) is 8.50. The van der Waals surface area contributed by atoms with Crippen molar-refractivity contribution in [3.63, 3.8) is 0 Å². The maximum atomic E-state index is 13.5. The second-order valence-electron chi connectivity index (χ2n) is 3.57. The van der Waals surface area contributed by atoms with Crippen molar-refractivity contribution in [2.45, 2.75) is 13.0 Å². The Morgan fingerprint density at radius 2 is 1.80 bits per heavy atom. The molecule has 0 aliphatic rings. The molecule has 0 heterocycles. The summed E-state index contributed by atoms with van der Waals surface area (Å²) in [4.78, 5) is 0. The van der Waals surface area contributed by atoms with Crippen molar-refractivity contribution in [1.29, 1.82) is 0 Å². The Hall–Kier alpha value is -1.45. The number of hydrazine groups is 1. The molecule has 0 radical (unpaired) electrons. The van der Waals surface area contributed by atoms with Crippen molar-refractivity contribution in [2.24, 2.45) is 5.84 Å². The van der Waals surface area contributed by atoms with E-state index in [9.17, 15) is 4.39 Å². The van der Waals surface area contributed by atoms with Crippen LogP contribution in [0.5, 0.6) is 0 Å². The van der Waals surface area contributed by atoms with E-state index in [1.54, 1.807) is 12.1 Å². The van der Waals surface area contributed by atoms with Crippen LogP contribution in [0, 0.1) is 5.82 Å². The molecular weight excluding hydrogens is 191 g/mol. The molecule has 1 atom stereocenters. The van der Waals surface area contributed by atoms with Gasteiger partial charge in [0.2, 0.25) is 0 Å². The molecule has 2 aromatic rings. The van der Waals surface area contributed by atoms with Gasteiger partial charge >= 0.3 is 0 Å². The lowest BCUT2D eigenvalue weighted by Crippen LogP contribution is -2.25. The molecule has 2 nitrogen and oxygen atoms in total. The van der Waals surface area contributed by atoms with Gasteiger partial charge in [-0.2, -0.15) is 0 Å². The average Bonchev–Trinajstić information content (AvgIpc) is 2.29. The van der Waals surface area contributed by atoms with E-state index < -0.39 is 0 Å². The monoisotopic (exact) mass is 204 g/mol. The molecule has 0 saturated heterocycles. The van der Waals surface area contributed by atoms with Gasteiger partial charge in [-0.25, -0.2) is 4.39 Å². The molecule has 1 unspecified atom stereocenters. The minimum absolute atomic E-state index is 0.00972. The number of hydrogen-bond acceptors (Lipinski definition) is 2. The van der Waals surface area contributed by atoms with Gasteiger partial charge < -0.3 is 0 Å². The predicted molar refractivity (Wildman–Crippen MR) is 59.6 cm³/mol. The van der Waals surface area contributed by atoms with Gasteiger partial charge in [-0.3, -0.25) is 11.3 Å². The molecule has 0 bridgehead atoms. The fourth-order valence-corrected chi connectivity index (χ4v) is 1.75. The summed E-state index contributed by atoms with van der Waals surface area (Å²) in [6.45, 7) is 1.94. The van der Waals surface area contributed by atoms with Crippen molar-refractivity contribution in [1.82, 2.24) is 5.43 Å². The third-order valence-corrected chi connectivity index (χ3v) is 2.62. The third-order valence-electron chi connectivity index (χ3n) is 2.62. The Labute approximate surface area is 87.9 Å². The zero-order chi connectivity index (χ0) is 10.8. The lowest BCUT2D eigenvalue weighted by molar-refractivity contribution is 0.602. The van der Waals surface area contributed by atoms with Gasteiger partial charge in [0.1, 0.15) is 5.82 Å². The summed E-state index contributed by atoms with van der Waals surface area (Å²) in [6.07, 6.45) is 0. The van der Waals surface area contributed by atoms with E-state index in [1.807, 2.05) is 25.1 Å². The van der Waals surface area contributed by atoms with E-state index in [1.165, 1.54) is 6.07 Å². The largest absolute Gasteiger partial charge is 0.271 e. The summed E-state index contributed by atoms with van der Waals surface area (Å²) in [7, 11) is 0. The first kappa shape index (κ1) is 10.1. The number of nitrogens with one attached hydrogen (secondary N) is 1. The van der Waals surface area contributed by atoms with Crippen molar-refractivity contribution in [3.8, 4) is 0 Å². The van der Waals surface area contributed by atoms with Crippen LogP contribution in [0.15, 0.2) is 36.4 Å². The number of halogens is 1. The summed E-state index contributed by atoms with van der Waals surface area (Å²) in [5.74, 6) is 5.19. The molecule has 0 amide bonds. The predicted octanol–water partition coefficient (Wildman–Crippen LogP) is 2.50. The van der Waals surface area contributed by atoms with Crippen molar-refractivity contribution in [2.75, 3.05) is 0 Å². The summed E-state index contributed by atoms with van der Waals surface area (Å²) in [6, 6.07) is 10.7. The van der Waals surface area contributed by atoms with Gasteiger partial charge in [-0.05, 0) is 23.9 Å². The highest BCUT2D eigenvalue weighted by Crippen LogP contribution is 2.25.